The van der Waals surface area contributed by atoms with Crippen LogP contribution in [-0.4, -0.2) is 96.4 Å². The van der Waals surface area contributed by atoms with E-state index < -0.39 is 0 Å². The van der Waals surface area contributed by atoms with Crippen molar-refractivity contribution in [3.8, 4) is 11.5 Å². The monoisotopic (exact) mass is 490 g/mol. The summed E-state index contributed by atoms with van der Waals surface area (Å²) in [5.74, 6) is 1.48. The molecule has 1 aliphatic carbocycles. The quantitative estimate of drug-likeness (QED) is 0.619. The molecule has 2 aromatic carbocycles. The molecule has 7 heteroatoms. The van der Waals surface area contributed by atoms with Gasteiger partial charge in [0.15, 0.2) is 0 Å². The van der Waals surface area contributed by atoms with Crippen molar-refractivity contribution < 1.29 is 14.3 Å². The second kappa shape index (κ2) is 11.4. The van der Waals surface area contributed by atoms with Gasteiger partial charge in [-0.3, -0.25) is 19.4 Å². The van der Waals surface area contributed by atoms with E-state index in [0.717, 1.165) is 37.8 Å². The zero-order valence-corrected chi connectivity index (χ0v) is 21.4. The topological polar surface area (TPSA) is 56.3 Å². The highest BCUT2D eigenvalue weighted by Gasteiger charge is 2.30. The van der Waals surface area contributed by atoms with Crippen LogP contribution in [0.25, 0.3) is 0 Å². The van der Waals surface area contributed by atoms with Crippen LogP contribution < -0.4 is 4.74 Å². The number of para-hydroxylation sites is 1. The van der Waals surface area contributed by atoms with Gasteiger partial charge in [-0.1, -0.05) is 42.7 Å². The van der Waals surface area contributed by atoms with E-state index in [2.05, 4.69) is 9.80 Å². The van der Waals surface area contributed by atoms with E-state index in [-0.39, 0.29) is 11.8 Å². The number of amides is 2. The predicted molar refractivity (Wildman–Crippen MR) is 140 cm³/mol. The summed E-state index contributed by atoms with van der Waals surface area (Å²) < 4.78 is 6.05. The Bertz CT molecular complexity index is 1030. The van der Waals surface area contributed by atoms with Crippen molar-refractivity contribution >= 4 is 11.8 Å². The SMILES string of the molecule is Cc1ccc(Oc2ccccc2C(=O)N2CCN(CC(=O)N3CCN(C4CCCC4)CC3)CC2)cc1. The molecule has 5 rings (SSSR count). The van der Waals surface area contributed by atoms with Gasteiger partial charge < -0.3 is 14.5 Å². The highest BCUT2D eigenvalue weighted by Crippen LogP contribution is 2.27. The number of carbonyl (C=O) groups is 2. The lowest BCUT2D eigenvalue weighted by molar-refractivity contribution is -0.134. The molecule has 0 radical (unpaired) electrons. The number of hydrogen-bond donors (Lipinski definition) is 0. The summed E-state index contributed by atoms with van der Waals surface area (Å²) in [5, 5.41) is 0. The Balaban J connectivity index is 1.10. The van der Waals surface area contributed by atoms with Gasteiger partial charge >= 0.3 is 0 Å². The van der Waals surface area contributed by atoms with Crippen molar-refractivity contribution in [2.24, 2.45) is 0 Å². The van der Waals surface area contributed by atoms with Crippen molar-refractivity contribution in [3.63, 3.8) is 0 Å². The van der Waals surface area contributed by atoms with Crippen LogP contribution >= 0.6 is 0 Å². The Morgan fingerprint density at radius 1 is 0.806 bits per heavy atom. The Labute approximate surface area is 214 Å². The summed E-state index contributed by atoms with van der Waals surface area (Å²) in [4.78, 5) is 34.9. The van der Waals surface area contributed by atoms with Crippen molar-refractivity contribution in [1.82, 2.24) is 19.6 Å². The van der Waals surface area contributed by atoms with E-state index in [1.54, 1.807) is 0 Å². The molecule has 2 aromatic rings. The van der Waals surface area contributed by atoms with Gasteiger partial charge in [-0.05, 0) is 44.0 Å². The Morgan fingerprint density at radius 3 is 2.14 bits per heavy atom. The molecule has 1 saturated carbocycles. The number of piperazine rings is 2. The van der Waals surface area contributed by atoms with Gasteiger partial charge in [0.05, 0.1) is 12.1 Å². The van der Waals surface area contributed by atoms with E-state index in [1.165, 1.54) is 25.7 Å². The molecule has 2 amide bonds. The van der Waals surface area contributed by atoms with Crippen LogP contribution in [0.3, 0.4) is 0 Å². The first-order chi connectivity index (χ1) is 17.6. The van der Waals surface area contributed by atoms with E-state index in [0.29, 0.717) is 49.8 Å². The third-order valence-electron chi connectivity index (χ3n) is 7.89. The first-order valence-electron chi connectivity index (χ1n) is 13.4. The molecule has 0 atom stereocenters. The molecule has 36 heavy (non-hydrogen) atoms. The Hall–Kier alpha value is -2.90. The molecule has 0 bridgehead atoms. The molecule has 2 heterocycles. The van der Waals surface area contributed by atoms with Gasteiger partial charge in [0.1, 0.15) is 11.5 Å². The number of carbonyl (C=O) groups excluding carboxylic acids is 2. The predicted octanol–water partition coefficient (Wildman–Crippen LogP) is 3.63. The number of aryl methyl sites for hydroxylation is 1. The lowest BCUT2D eigenvalue weighted by atomic mass is 10.1. The van der Waals surface area contributed by atoms with E-state index in [9.17, 15) is 9.59 Å². The van der Waals surface area contributed by atoms with Crippen molar-refractivity contribution in [3.05, 3.63) is 59.7 Å². The zero-order valence-electron chi connectivity index (χ0n) is 21.4. The average Bonchev–Trinajstić information content (AvgIpc) is 3.46. The third kappa shape index (κ3) is 5.90. The molecule has 3 fully saturated rings. The maximum absolute atomic E-state index is 13.3. The van der Waals surface area contributed by atoms with Gasteiger partial charge in [0.2, 0.25) is 5.91 Å². The van der Waals surface area contributed by atoms with Gasteiger partial charge in [-0.15, -0.1) is 0 Å². The lowest BCUT2D eigenvalue weighted by Gasteiger charge is -2.39. The molecule has 3 aliphatic rings. The molecule has 2 aliphatic heterocycles. The summed E-state index contributed by atoms with van der Waals surface area (Å²) in [6, 6.07) is 16.0. The fraction of sp³-hybridized carbons (Fsp3) is 0.517. The van der Waals surface area contributed by atoms with Crippen LogP contribution in [0, 0.1) is 6.92 Å². The number of rotatable bonds is 6. The molecule has 0 unspecified atom stereocenters. The standard InChI is InChI=1S/C29H38N4O3/c1-23-10-12-25(13-11-23)36-27-9-5-4-8-26(27)29(35)33-16-14-30(15-17-33)22-28(34)32-20-18-31(19-21-32)24-6-2-3-7-24/h4-5,8-13,24H,2-3,6-7,14-22H2,1H3. The van der Waals surface area contributed by atoms with Gasteiger partial charge in [-0.25, -0.2) is 0 Å². The summed E-state index contributed by atoms with van der Waals surface area (Å²) in [5.41, 5.74) is 1.73. The molecule has 7 nitrogen and oxygen atoms in total. The van der Waals surface area contributed by atoms with Crippen molar-refractivity contribution in [2.45, 2.75) is 38.6 Å². The summed E-state index contributed by atoms with van der Waals surface area (Å²) in [6.45, 7) is 8.80. The van der Waals surface area contributed by atoms with E-state index in [4.69, 9.17) is 4.74 Å². The smallest absolute Gasteiger partial charge is 0.257 e. The van der Waals surface area contributed by atoms with E-state index >= 15 is 0 Å². The number of benzene rings is 2. The minimum Gasteiger partial charge on any atom is -0.457 e. The van der Waals surface area contributed by atoms with Crippen LogP contribution in [0.4, 0.5) is 0 Å². The molecule has 192 valence electrons. The Kier molecular flexibility index (Phi) is 7.87. The minimum atomic E-state index is -0.0216. The van der Waals surface area contributed by atoms with Crippen LogP contribution in [0.15, 0.2) is 48.5 Å². The molecular weight excluding hydrogens is 452 g/mol. The molecular formula is C29H38N4O3. The maximum Gasteiger partial charge on any atom is 0.257 e. The molecule has 2 saturated heterocycles. The van der Waals surface area contributed by atoms with Crippen molar-refractivity contribution in [2.75, 3.05) is 58.9 Å². The van der Waals surface area contributed by atoms with E-state index in [1.807, 2.05) is 65.3 Å². The molecule has 0 N–H and O–H groups in total. The minimum absolute atomic E-state index is 0.0216. The number of ether oxygens (including phenoxy) is 1. The summed E-state index contributed by atoms with van der Waals surface area (Å²) in [6.07, 6.45) is 5.34. The second-order valence-corrected chi connectivity index (χ2v) is 10.3. The van der Waals surface area contributed by atoms with Gasteiger partial charge in [-0.2, -0.15) is 0 Å². The third-order valence-corrected chi connectivity index (χ3v) is 7.89. The summed E-state index contributed by atoms with van der Waals surface area (Å²) in [7, 11) is 0. The van der Waals surface area contributed by atoms with Crippen LogP contribution in [0.1, 0.15) is 41.6 Å². The first kappa shape index (κ1) is 24.8. The fourth-order valence-electron chi connectivity index (χ4n) is 5.64. The summed E-state index contributed by atoms with van der Waals surface area (Å²) >= 11 is 0. The molecule has 0 spiro atoms. The lowest BCUT2D eigenvalue weighted by Crippen LogP contribution is -2.55. The van der Waals surface area contributed by atoms with Gasteiger partial charge in [0.25, 0.3) is 5.91 Å². The van der Waals surface area contributed by atoms with Crippen molar-refractivity contribution in [1.29, 1.82) is 0 Å². The van der Waals surface area contributed by atoms with Crippen LogP contribution in [0.2, 0.25) is 0 Å². The fourth-order valence-corrected chi connectivity index (χ4v) is 5.64. The maximum atomic E-state index is 13.3. The second-order valence-electron chi connectivity index (χ2n) is 10.3. The zero-order chi connectivity index (χ0) is 24.9. The van der Waals surface area contributed by atoms with Gasteiger partial charge in [0, 0.05) is 58.4 Å². The van der Waals surface area contributed by atoms with Crippen LogP contribution in [0.5, 0.6) is 11.5 Å². The van der Waals surface area contributed by atoms with Crippen LogP contribution in [-0.2, 0) is 4.79 Å². The highest BCUT2D eigenvalue weighted by atomic mass is 16.5. The first-order valence-corrected chi connectivity index (χ1v) is 13.4. The highest BCUT2D eigenvalue weighted by molar-refractivity contribution is 5.97. The Morgan fingerprint density at radius 2 is 1.44 bits per heavy atom. The number of nitrogens with zero attached hydrogens (tertiary/aromatic N) is 4. The normalized spacial score (nSPS) is 20.0. The number of hydrogen-bond acceptors (Lipinski definition) is 5. The largest absolute Gasteiger partial charge is 0.457 e. The molecule has 0 aromatic heterocycles. The average molecular weight is 491 g/mol.